The number of amides is 1. The highest BCUT2D eigenvalue weighted by atomic mass is 32.2. The van der Waals surface area contributed by atoms with Crippen molar-refractivity contribution in [1.82, 2.24) is 9.21 Å². The van der Waals surface area contributed by atoms with E-state index in [9.17, 15) is 13.2 Å². The molecule has 1 amide bonds. The Balaban J connectivity index is 1.52. The second-order valence-corrected chi connectivity index (χ2v) is 8.99. The third-order valence-corrected chi connectivity index (χ3v) is 7.28. The first kappa shape index (κ1) is 18.2. The predicted molar refractivity (Wildman–Crippen MR) is 99.3 cm³/mol. The Morgan fingerprint density at radius 2 is 1.80 bits per heavy atom. The molecule has 0 unspecified atom stereocenters. The van der Waals surface area contributed by atoms with Gasteiger partial charge in [0, 0.05) is 51.4 Å². The molecule has 0 atom stereocenters. The molecular formula is C18H27N3O3S. The molecule has 3 rings (SSSR count). The summed E-state index contributed by atoms with van der Waals surface area (Å²) in [6.07, 6.45) is 0.952. The second kappa shape index (κ2) is 7.33. The van der Waals surface area contributed by atoms with E-state index in [0.29, 0.717) is 32.6 Å². The fourth-order valence-electron chi connectivity index (χ4n) is 3.60. The molecular weight excluding hydrogens is 338 g/mol. The van der Waals surface area contributed by atoms with E-state index in [1.807, 2.05) is 4.90 Å². The summed E-state index contributed by atoms with van der Waals surface area (Å²) in [5, 5.41) is 0. The molecule has 0 N–H and O–H groups in total. The van der Waals surface area contributed by atoms with Crippen LogP contribution in [0.1, 0.15) is 24.0 Å². The third-order valence-electron chi connectivity index (χ3n) is 5.33. The molecule has 0 aromatic heterocycles. The summed E-state index contributed by atoms with van der Waals surface area (Å²) in [6.45, 7) is 8.14. The van der Waals surface area contributed by atoms with Crippen molar-refractivity contribution >= 4 is 21.6 Å². The van der Waals surface area contributed by atoms with Crippen LogP contribution in [0.5, 0.6) is 0 Å². The lowest BCUT2D eigenvalue weighted by molar-refractivity contribution is -0.131. The van der Waals surface area contributed by atoms with Crippen LogP contribution in [0.2, 0.25) is 0 Å². The Kier molecular flexibility index (Phi) is 5.34. The Morgan fingerprint density at radius 1 is 1.08 bits per heavy atom. The summed E-state index contributed by atoms with van der Waals surface area (Å²) >= 11 is 0. The van der Waals surface area contributed by atoms with Crippen molar-refractivity contribution in [3.63, 3.8) is 0 Å². The summed E-state index contributed by atoms with van der Waals surface area (Å²) in [5.41, 5.74) is 3.82. The molecule has 0 bridgehead atoms. The topological polar surface area (TPSA) is 60.9 Å². The molecule has 7 heteroatoms. The van der Waals surface area contributed by atoms with E-state index < -0.39 is 10.0 Å². The van der Waals surface area contributed by atoms with Crippen molar-refractivity contribution in [2.75, 3.05) is 49.9 Å². The van der Waals surface area contributed by atoms with E-state index in [-0.39, 0.29) is 18.1 Å². The average molecular weight is 365 g/mol. The fraction of sp³-hybridized carbons (Fsp3) is 0.611. The number of piperazine rings is 1. The third kappa shape index (κ3) is 3.98. The number of benzene rings is 1. The number of hydrogen-bond acceptors (Lipinski definition) is 4. The van der Waals surface area contributed by atoms with E-state index in [1.165, 1.54) is 21.1 Å². The number of anilines is 1. The van der Waals surface area contributed by atoms with Gasteiger partial charge in [-0.25, -0.2) is 12.7 Å². The minimum Gasteiger partial charge on any atom is -0.368 e. The van der Waals surface area contributed by atoms with Gasteiger partial charge in [0.15, 0.2) is 0 Å². The lowest BCUT2D eigenvalue weighted by atomic mass is 10.1. The highest BCUT2D eigenvalue weighted by Crippen LogP contribution is 2.24. The number of hydrogen-bond donors (Lipinski definition) is 0. The van der Waals surface area contributed by atoms with Gasteiger partial charge in [-0.1, -0.05) is 12.1 Å². The minimum atomic E-state index is -3.11. The fourth-order valence-corrected chi connectivity index (χ4v) is 5.12. The zero-order valence-electron chi connectivity index (χ0n) is 15.1. The first-order chi connectivity index (χ1) is 11.9. The number of nitrogens with zero attached hydrogens (tertiary/aromatic N) is 3. The van der Waals surface area contributed by atoms with Crippen molar-refractivity contribution in [1.29, 1.82) is 0 Å². The van der Waals surface area contributed by atoms with Crippen LogP contribution in [-0.4, -0.2) is 68.6 Å². The molecule has 2 heterocycles. The van der Waals surface area contributed by atoms with Gasteiger partial charge in [-0.3, -0.25) is 4.79 Å². The van der Waals surface area contributed by atoms with Gasteiger partial charge in [0.25, 0.3) is 0 Å². The molecule has 2 saturated heterocycles. The van der Waals surface area contributed by atoms with Crippen LogP contribution < -0.4 is 4.90 Å². The molecule has 6 nitrogen and oxygen atoms in total. The highest BCUT2D eigenvalue weighted by molar-refractivity contribution is 7.89. The average Bonchev–Trinajstić information content (AvgIpc) is 2.94. The number of aryl methyl sites for hydroxylation is 1. The molecule has 0 spiro atoms. The van der Waals surface area contributed by atoms with Gasteiger partial charge in [0.2, 0.25) is 15.9 Å². The lowest BCUT2D eigenvalue weighted by Crippen LogP contribution is -2.49. The summed E-state index contributed by atoms with van der Waals surface area (Å²) in [6, 6.07) is 6.33. The Labute approximate surface area is 150 Å². The SMILES string of the molecule is Cc1cccc(N2CCN(C(=O)CCN3CCCS3(=O)=O)CC2)c1C. The Hall–Kier alpha value is -1.60. The zero-order chi connectivity index (χ0) is 18.0. The lowest BCUT2D eigenvalue weighted by Gasteiger charge is -2.37. The smallest absolute Gasteiger partial charge is 0.224 e. The molecule has 138 valence electrons. The molecule has 25 heavy (non-hydrogen) atoms. The maximum Gasteiger partial charge on any atom is 0.224 e. The van der Waals surface area contributed by atoms with Crippen molar-refractivity contribution in [3.8, 4) is 0 Å². The van der Waals surface area contributed by atoms with Crippen molar-refractivity contribution in [2.24, 2.45) is 0 Å². The molecule has 0 aliphatic carbocycles. The molecule has 1 aromatic rings. The minimum absolute atomic E-state index is 0.0581. The normalized spacial score (nSPS) is 20.9. The molecule has 2 aliphatic heterocycles. The van der Waals surface area contributed by atoms with Gasteiger partial charge < -0.3 is 9.80 Å². The van der Waals surface area contributed by atoms with E-state index in [2.05, 4.69) is 36.9 Å². The molecule has 2 fully saturated rings. The number of carbonyl (C=O) groups is 1. The van der Waals surface area contributed by atoms with E-state index >= 15 is 0 Å². The van der Waals surface area contributed by atoms with Gasteiger partial charge in [-0.2, -0.15) is 0 Å². The van der Waals surface area contributed by atoms with Crippen molar-refractivity contribution in [3.05, 3.63) is 29.3 Å². The molecule has 0 radical (unpaired) electrons. The van der Waals surface area contributed by atoms with Gasteiger partial charge >= 0.3 is 0 Å². The van der Waals surface area contributed by atoms with Gasteiger partial charge in [0.1, 0.15) is 0 Å². The summed E-state index contributed by atoms with van der Waals surface area (Å²) in [4.78, 5) is 16.6. The maximum atomic E-state index is 12.4. The van der Waals surface area contributed by atoms with Gasteiger partial charge in [-0.15, -0.1) is 0 Å². The van der Waals surface area contributed by atoms with Gasteiger partial charge in [-0.05, 0) is 37.5 Å². The Morgan fingerprint density at radius 3 is 2.44 bits per heavy atom. The first-order valence-electron chi connectivity index (χ1n) is 8.95. The van der Waals surface area contributed by atoms with E-state index in [1.54, 1.807) is 0 Å². The highest BCUT2D eigenvalue weighted by Gasteiger charge is 2.29. The largest absolute Gasteiger partial charge is 0.368 e. The summed E-state index contributed by atoms with van der Waals surface area (Å²) < 4.78 is 25.1. The van der Waals surface area contributed by atoms with Crippen LogP contribution in [0.15, 0.2) is 18.2 Å². The van der Waals surface area contributed by atoms with Crippen molar-refractivity contribution in [2.45, 2.75) is 26.7 Å². The Bertz CT molecular complexity index is 740. The quantitative estimate of drug-likeness (QED) is 0.809. The summed E-state index contributed by atoms with van der Waals surface area (Å²) in [5.74, 6) is 0.276. The van der Waals surface area contributed by atoms with E-state index in [4.69, 9.17) is 0 Å². The number of rotatable bonds is 4. The maximum absolute atomic E-state index is 12.4. The standard InChI is InChI=1S/C18H27N3O3S/c1-15-5-3-6-17(16(15)2)19-10-12-20(13-11-19)18(22)7-9-21-8-4-14-25(21,23)24/h3,5-6H,4,7-14H2,1-2H3. The first-order valence-corrected chi connectivity index (χ1v) is 10.6. The van der Waals surface area contributed by atoms with Crippen LogP contribution in [0.4, 0.5) is 5.69 Å². The van der Waals surface area contributed by atoms with Crippen LogP contribution in [-0.2, 0) is 14.8 Å². The monoisotopic (exact) mass is 365 g/mol. The molecule has 1 aromatic carbocycles. The van der Waals surface area contributed by atoms with Crippen LogP contribution >= 0.6 is 0 Å². The second-order valence-electron chi connectivity index (χ2n) is 6.91. The molecule has 0 saturated carbocycles. The van der Waals surface area contributed by atoms with Gasteiger partial charge in [0.05, 0.1) is 5.75 Å². The van der Waals surface area contributed by atoms with Crippen molar-refractivity contribution < 1.29 is 13.2 Å². The number of sulfonamides is 1. The zero-order valence-corrected chi connectivity index (χ0v) is 15.9. The van der Waals surface area contributed by atoms with E-state index in [0.717, 1.165) is 13.1 Å². The van der Waals surface area contributed by atoms with Crippen LogP contribution in [0.25, 0.3) is 0 Å². The number of carbonyl (C=O) groups excluding carboxylic acids is 1. The molecule has 2 aliphatic rings. The van der Waals surface area contributed by atoms with Crippen LogP contribution in [0, 0.1) is 13.8 Å². The summed E-state index contributed by atoms with van der Waals surface area (Å²) in [7, 11) is -3.11. The predicted octanol–water partition coefficient (Wildman–Crippen LogP) is 1.38. The van der Waals surface area contributed by atoms with Crippen LogP contribution in [0.3, 0.4) is 0 Å².